The highest BCUT2D eigenvalue weighted by Crippen LogP contribution is 2.39. The first kappa shape index (κ1) is 28.1. The van der Waals surface area contributed by atoms with Gasteiger partial charge < -0.3 is 14.9 Å². The fourth-order valence-electron chi connectivity index (χ4n) is 6.72. The van der Waals surface area contributed by atoms with Gasteiger partial charge in [-0.15, -0.1) is 0 Å². The van der Waals surface area contributed by atoms with E-state index in [1.807, 2.05) is 37.3 Å². The van der Waals surface area contributed by atoms with E-state index in [1.54, 1.807) is 34.9 Å². The lowest BCUT2D eigenvalue weighted by molar-refractivity contribution is -0.121. The van der Waals surface area contributed by atoms with Crippen molar-refractivity contribution in [1.29, 1.82) is 0 Å². The molecule has 1 saturated heterocycles. The molecule has 1 aromatic heterocycles. The van der Waals surface area contributed by atoms with Crippen molar-refractivity contribution in [2.24, 2.45) is 4.99 Å². The van der Waals surface area contributed by atoms with Gasteiger partial charge in [0, 0.05) is 56.0 Å². The Bertz CT molecular complexity index is 1890. The maximum Gasteiger partial charge on any atom is 0.272 e. The number of benzene rings is 3. The zero-order valence-corrected chi connectivity index (χ0v) is 24.9. The summed E-state index contributed by atoms with van der Waals surface area (Å²) in [7, 11) is 0. The largest absolute Gasteiger partial charge is 0.395 e. The van der Waals surface area contributed by atoms with Crippen molar-refractivity contribution in [1.82, 2.24) is 19.4 Å². The lowest BCUT2D eigenvalue weighted by atomic mass is 9.96. The fraction of sp³-hybridized carbons (Fsp3) is 0.324. The fourth-order valence-corrected chi connectivity index (χ4v) is 6.72. The highest BCUT2D eigenvalue weighted by molar-refractivity contribution is 6.20. The monoisotopic (exact) mass is 590 g/mol. The molecule has 2 amide bonds. The van der Waals surface area contributed by atoms with Gasteiger partial charge in [-0.1, -0.05) is 42.0 Å². The van der Waals surface area contributed by atoms with Crippen LogP contribution < -0.4 is 10.5 Å². The van der Waals surface area contributed by atoms with Crippen LogP contribution in [0.3, 0.4) is 0 Å². The molecule has 1 N–H and O–H groups in total. The van der Waals surface area contributed by atoms with Crippen LogP contribution in [-0.4, -0.2) is 87.9 Å². The van der Waals surface area contributed by atoms with Crippen molar-refractivity contribution in [3.8, 4) is 0 Å². The van der Waals surface area contributed by atoms with Gasteiger partial charge in [-0.3, -0.25) is 23.9 Å². The van der Waals surface area contributed by atoms with Crippen molar-refractivity contribution in [3.05, 3.63) is 105 Å². The highest BCUT2D eigenvalue weighted by Gasteiger charge is 2.38. The van der Waals surface area contributed by atoms with Gasteiger partial charge in [0.2, 0.25) is 6.17 Å². The summed E-state index contributed by atoms with van der Waals surface area (Å²) in [5.74, 6) is -0.0350. The van der Waals surface area contributed by atoms with E-state index in [0.717, 1.165) is 34.4 Å². The number of anilines is 1. The van der Waals surface area contributed by atoms with Crippen LogP contribution in [0.1, 0.15) is 44.6 Å². The number of carbonyl (C=O) groups excluding carboxylic acids is 2. The number of piperazine rings is 1. The number of hydrogen-bond donors (Lipinski definition) is 1. The van der Waals surface area contributed by atoms with Crippen LogP contribution in [-0.2, 0) is 11.2 Å². The molecule has 3 aromatic carbocycles. The van der Waals surface area contributed by atoms with Gasteiger partial charge in [-0.25, -0.2) is 9.98 Å². The van der Waals surface area contributed by atoms with Crippen LogP contribution in [0.4, 0.5) is 5.69 Å². The van der Waals surface area contributed by atoms with Crippen LogP contribution in [0.2, 0.25) is 0 Å². The predicted octanol–water partition coefficient (Wildman–Crippen LogP) is 2.70. The highest BCUT2D eigenvalue weighted by atomic mass is 16.3. The van der Waals surface area contributed by atoms with Crippen LogP contribution in [0.15, 0.2) is 70.5 Å². The number of rotatable bonds is 5. The minimum Gasteiger partial charge on any atom is -0.395 e. The van der Waals surface area contributed by atoms with Gasteiger partial charge in [0.05, 0.1) is 28.9 Å². The molecule has 0 radical (unpaired) electrons. The molecule has 0 saturated carbocycles. The number of aromatic nitrogens is 2. The number of aliphatic imine (C=N–C) groups is 1. The van der Waals surface area contributed by atoms with Crippen molar-refractivity contribution >= 4 is 34.1 Å². The Kier molecular flexibility index (Phi) is 7.10. The third kappa shape index (κ3) is 4.71. The predicted molar refractivity (Wildman–Crippen MR) is 169 cm³/mol. The minimum atomic E-state index is -1.13. The van der Waals surface area contributed by atoms with E-state index in [-0.39, 0.29) is 24.0 Å². The van der Waals surface area contributed by atoms with Crippen LogP contribution in [0.5, 0.6) is 0 Å². The molecule has 3 aliphatic heterocycles. The molecule has 1 unspecified atom stereocenters. The second kappa shape index (κ2) is 11.1. The smallest absolute Gasteiger partial charge is 0.272 e. The quantitative estimate of drug-likeness (QED) is 0.383. The van der Waals surface area contributed by atoms with Gasteiger partial charge in [-0.05, 0) is 50.1 Å². The first-order chi connectivity index (χ1) is 21.3. The number of carbonyl (C=O) groups is 2. The SMILES string of the molecule is Cc1cc2c3c(c1)C(c1ccccc1)=NC(n1c(C)nc4cc(C(=O)N5CCN(CCO)CC5)ccc4c1=O)C(=O)N3CC2. The summed E-state index contributed by atoms with van der Waals surface area (Å²) in [6, 6.07) is 18.9. The Labute approximate surface area is 254 Å². The third-order valence-electron chi connectivity index (χ3n) is 8.89. The zero-order valence-electron chi connectivity index (χ0n) is 24.9. The average molecular weight is 591 g/mol. The topological polar surface area (TPSA) is 111 Å². The van der Waals surface area contributed by atoms with Crippen molar-refractivity contribution in [2.75, 3.05) is 50.8 Å². The van der Waals surface area contributed by atoms with Crippen LogP contribution in [0.25, 0.3) is 10.9 Å². The molecule has 44 heavy (non-hydrogen) atoms. The number of aliphatic hydroxyl groups is 1. The van der Waals surface area contributed by atoms with Crippen LogP contribution in [0, 0.1) is 13.8 Å². The second-order valence-corrected chi connectivity index (χ2v) is 11.7. The van der Waals surface area contributed by atoms with E-state index in [1.165, 1.54) is 4.57 Å². The maximum atomic E-state index is 14.2. The second-order valence-electron chi connectivity index (χ2n) is 11.7. The summed E-state index contributed by atoms with van der Waals surface area (Å²) >= 11 is 0. The molecule has 10 heteroatoms. The Morgan fingerprint density at radius 2 is 1.73 bits per heavy atom. The number of aryl methyl sites for hydroxylation is 2. The molecule has 0 aliphatic carbocycles. The number of β-amino-alcohol motifs (C(OH)–C–C–N with tert-alkyl or cyclic N) is 1. The van der Waals surface area contributed by atoms with Gasteiger partial charge in [0.25, 0.3) is 17.4 Å². The Hall–Kier alpha value is -4.67. The number of nitrogens with zero attached hydrogens (tertiary/aromatic N) is 6. The molecular weight excluding hydrogens is 556 g/mol. The molecule has 7 rings (SSSR count). The van der Waals surface area contributed by atoms with Gasteiger partial charge in [-0.2, -0.15) is 0 Å². The first-order valence-electron chi connectivity index (χ1n) is 15.1. The van der Waals surface area contributed by atoms with Crippen LogP contribution >= 0.6 is 0 Å². The molecule has 4 aromatic rings. The molecule has 1 atom stereocenters. The normalized spacial score (nSPS) is 18.4. The molecule has 0 spiro atoms. The van der Waals surface area contributed by atoms with E-state index in [9.17, 15) is 19.5 Å². The number of fused-ring (bicyclic) bond motifs is 1. The molecule has 0 bridgehead atoms. The summed E-state index contributed by atoms with van der Waals surface area (Å²) in [6.07, 6.45) is -0.397. The van der Waals surface area contributed by atoms with E-state index in [4.69, 9.17) is 9.98 Å². The first-order valence-corrected chi connectivity index (χ1v) is 15.1. The summed E-state index contributed by atoms with van der Waals surface area (Å²) in [5.41, 5.74) is 5.97. The molecule has 4 heterocycles. The molecular formula is C34H34N6O4. The van der Waals surface area contributed by atoms with Gasteiger partial charge in [0.15, 0.2) is 0 Å². The molecule has 3 aliphatic rings. The summed E-state index contributed by atoms with van der Waals surface area (Å²) in [5, 5.41) is 9.53. The Morgan fingerprint density at radius 3 is 2.48 bits per heavy atom. The standard InChI is InChI=1S/C34H34N6O4/c1-21-18-24-10-11-39-30(24)27(19-21)29(23-6-4-3-5-7-23)36-31(34(39)44)40-22(2)35-28-20-25(8-9-26(28)33(40)43)32(42)38-14-12-37(13-15-38)16-17-41/h3-9,18-20,31,41H,10-17H2,1-2H3. The molecule has 10 nitrogen and oxygen atoms in total. The zero-order chi connectivity index (χ0) is 30.5. The van der Waals surface area contributed by atoms with Crippen molar-refractivity contribution < 1.29 is 14.7 Å². The van der Waals surface area contributed by atoms with E-state index >= 15 is 0 Å². The number of amides is 2. The van der Waals surface area contributed by atoms with Crippen molar-refractivity contribution in [2.45, 2.75) is 26.4 Å². The van der Waals surface area contributed by atoms with Gasteiger partial charge in [0.1, 0.15) is 5.82 Å². The summed E-state index contributed by atoms with van der Waals surface area (Å²) < 4.78 is 1.40. The number of hydrogen-bond acceptors (Lipinski definition) is 7. The van der Waals surface area contributed by atoms with Gasteiger partial charge >= 0.3 is 0 Å². The van der Waals surface area contributed by atoms with E-state index in [2.05, 4.69) is 17.0 Å². The molecule has 224 valence electrons. The lowest BCUT2D eigenvalue weighted by Gasteiger charge is -2.34. The lowest BCUT2D eigenvalue weighted by Crippen LogP contribution is -2.49. The summed E-state index contributed by atoms with van der Waals surface area (Å²) in [4.78, 5) is 57.1. The summed E-state index contributed by atoms with van der Waals surface area (Å²) in [6.45, 7) is 7.50. The molecule has 1 fully saturated rings. The minimum absolute atomic E-state index is 0.0954. The Balaban J connectivity index is 1.30. The maximum absolute atomic E-state index is 14.2. The Morgan fingerprint density at radius 1 is 0.955 bits per heavy atom. The van der Waals surface area contributed by atoms with E-state index < -0.39 is 6.17 Å². The van der Waals surface area contributed by atoms with E-state index in [0.29, 0.717) is 67.3 Å². The van der Waals surface area contributed by atoms with Crippen molar-refractivity contribution in [3.63, 3.8) is 0 Å². The third-order valence-corrected chi connectivity index (χ3v) is 8.89. The average Bonchev–Trinajstić information content (AvgIpc) is 3.41. The number of aliphatic hydroxyl groups excluding tert-OH is 1.